The Labute approximate surface area is 121 Å². The molecule has 0 aliphatic carbocycles. The summed E-state index contributed by atoms with van der Waals surface area (Å²) in [6.07, 6.45) is 1.89. The number of anilines is 1. The van der Waals surface area contributed by atoms with Crippen LogP contribution in [0.5, 0.6) is 0 Å². The maximum Gasteiger partial charge on any atom is 0.239 e. The molecule has 5 heteroatoms. The SMILES string of the molecule is CCC(CC)NC(=O)CNc1cc(Br)ccc1Cl. The van der Waals surface area contributed by atoms with E-state index in [2.05, 4.69) is 40.4 Å². The van der Waals surface area contributed by atoms with Gasteiger partial charge in [0.1, 0.15) is 0 Å². The molecule has 0 spiro atoms. The average molecular weight is 334 g/mol. The van der Waals surface area contributed by atoms with Crippen molar-refractivity contribution in [1.29, 1.82) is 0 Å². The molecule has 100 valence electrons. The molecule has 0 atom stereocenters. The Balaban J connectivity index is 2.49. The summed E-state index contributed by atoms with van der Waals surface area (Å²) in [5.74, 6) is -0.0141. The van der Waals surface area contributed by atoms with E-state index in [1.165, 1.54) is 0 Å². The number of carbonyl (C=O) groups is 1. The third-order valence-electron chi connectivity index (χ3n) is 2.72. The first-order valence-corrected chi connectivity index (χ1v) is 7.22. The van der Waals surface area contributed by atoms with Gasteiger partial charge in [0.15, 0.2) is 0 Å². The number of amides is 1. The van der Waals surface area contributed by atoms with Gasteiger partial charge in [0.05, 0.1) is 17.3 Å². The summed E-state index contributed by atoms with van der Waals surface area (Å²) >= 11 is 9.39. The molecule has 0 aliphatic rings. The topological polar surface area (TPSA) is 41.1 Å². The molecule has 0 fully saturated rings. The number of hydrogen-bond donors (Lipinski definition) is 2. The van der Waals surface area contributed by atoms with Crippen molar-refractivity contribution >= 4 is 39.1 Å². The fraction of sp³-hybridized carbons (Fsp3) is 0.462. The lowest BCUT2D eigenvalue weighted by atomic mass is 10.2. The number of rotatable bonds is 6. The smallest absolute Gasteiger partial charge is 0.239 e. The van der Waals surface area contributed by atoms with Crippen molar-refractivity contribution in [2.24, 2.45) is 0 Å². The van der Waals surface area contributed by atoms with Crippen LogP contribution in [0.1, 0.15) is 26.7 Å². The van der Waals surface area contributed by atoms with Gasteiger partial charge < -0.3 is 10.6 Å². The molecule has 3 nitrogen and oxygen atoms in total. The molecular formula is C13H18BrClN2O. The quantitative estimate of drug-likeness (QED) is 0.831. The highest BCUT2D eigenvalue weighted by Gasteiger charge is 2.08. The van der Waals surface area contributed by atoms with Crippen molar-refractivity contribution in [3.8, 4) is 0 Å². The molecule has 0 radical (unpaired) electrons. The molecule has 0 saturated heterocycles. The third-order valence-corrected chi connectivity index (χ3v) is 3.54. The number of halogens is 2. The molecule has 0 bridgehead atoms. The molecule has 18 heavy (non-hydrogen) atoms. The molecule has 0 aliphatic heterocycles. The van der Waals surface area contributed by atoms with E-state index in [0.717, 1.165) is 23.0 Å². The Morgan fingerprint density at radius 3 is 2.67 bits per heavy atom. The van der Waals surface area contributed by atoms with Crippen LogP contribution in [0.15, 0.2) is 22.7 Å². The van der Waals surface area contributed by atoms with Gasteiger partial charge in [-0.2, -0.15) is 0 Å². The molecule has 0 saturated carbocycles. The highest BCUT2D eigenvalue weighted by atomic mass is 79.9. The molecule has 1 amide bonds. The van der Waals surface area contributed by atoms with Gasteiger partial charge in [0.2, 0.25) is 5.91 Å². The van der Waals surface area contributed by atoms with E-state index in [9.17, 15) is 4.79 Å². The first-order valence-electron chi connectivity index (χ1n) is 6.05. The van der Waals surface area contributed by atoms with Crippen LogP contribution in [0.3, 0.4) is 0 Å². The van der Waals surface area contributed by atoms with E-state index < -0.39 is 0 Å². The zero-order valence-corrected chi connectivity index (χ0v) is 12.9. The van der Waals surface area contributed by atoms with Crippen LogP contribution in [-0.2, 0) is 4.79 Å². The second-order valence-electron chi connectivity index (χ2n) is 4.06. The fourth-order valence-corrected chi connectivity index (χ4v) is 2.13. The highest BCUT2D eigenvalue weighted by Crippen LogP contribution is 2.25. The van der Waals surface area contributed by atoms with E-state index in [0.29, 0.717) is 5.02 Å². The van der Waals surface area contributed by atoms with Crippen LogP contribution in [0.4, 0.5) is 5.69 Å². The molecular weight excluding hydrogens is 316 g/mol. The first-order chi connectivity index (χ1) is 8.56. The highest BCUT2D eigenvalue weighted by molar-refractivity contribution is 9.10. The Hall–Kier alpha value is -0.740. The Kier molecular flexibility index (Phi) is 6.50. The standard InChI is InChI=1S/C13H18BrClN2O/c1-3-10(4-2)17-13(18)8-16-12-7-9(14)5-6-11(12)15/h5-7,10,16H,3-4,8H2,1-2H3,(H,17,18). The van der Waals surface area contributed by atoms with Gasteiger partial charge in [-0.25, -0.2) is 0 Å². The van der Waals surface area contributed by atoms with E-state index in [1.54, 1.807) is 6.07 Å². The minimum Gasteiger partial charge on any atom is -0.375 e. The van der Waals surface area contributed by atoms with Crippen molar-refractivity contribution in [1.82, 2.24) is 5.32 Å². The van der Waals surface area contributed by atoms with Crippen LogP contribution in [0.25, 0.3) is 0 Å². The normalized spacial score (nSPS) is 10.5. The lowest BCUT2D eigenvalue weighted by Crippen LogP contribution is -2.37. The van der Waals surface area contributed by atoms with E-state index >= 15 is 0 Å². The summed E-state index contributed by atoms with van der Waals surface area (Å²) < 4.78 is 0.926. The second-order valence-corrected chi connectivity index (χ2v) is 5.38. The van der Waals surface area contributed by atoms with Crippen LogP contribution in [0, 0.1) is 0 Å². The fourth-order valence-electron chi connectivity index (χ4n) is 1.58. The van der Waals surface area contributed by atoms with Crippen molar-refractivity contribution in [3.05, 3.63) is 27.7 Å². The summed E-state index contributed by atoms with van der Waals surface area (Å²) in [5.41, 5.74) is 0.755. The van der Waals surface area contributed by atoms with Crippen molar-refractivity contribution < 1.29 is 4.79 Å². The summed E-state index contributed by atoms with van der Waals surface area (Å²) in [4.78, 5) is 11.7. The van der Waals surface area contributed by atoms with Gasteiger partial charge in [0.25, 0.3) is 0 Å². The first kappa shape index (κ1) is 15.3. The largest absolute Gasteiger partial charge is 0.375 e. The molecule has 0 aromatic heterocycles. The number of hydrogen-bond acceptors (Lipinski definition) is 2. The minimum atomic E-state index is -0.0141. The lowest BCUT2D eigenvalue weighted by molar-refractivity contribution is -0.120. The molecule has 1 aromatic rings. The summed E-state index contributed by atoms with van der Waals surface area (Å²) in [6, 6.07) is 5.74. The summed E-state index contributed by atoms with van der Waals surface area (Å²) in [7, 11) is 0. The molecule has 0 unspecified atom stereocenters. The van der Waals surface area contributed by atoms with E-state index in [-0.39, 0.29) is 18.5 Å². The molecule has 2 N–H and O–H groups in total. The molecule has 1 aromatic carbocycles. The van der Waals surface area contributed by atoms with Crippen LogP contribution >= 0.6 is 27.5 Å². The number of nitrogens with one attached hydrogen (secondary N) is 2. The number of benzene rings is 1. The Morgan fingerprint density at radius 2 is 2.06 bits per heavy atom. The summed E-state index contributed by atoms with van der Waals surface area (Å²) in [6.45, 7) is 4.35. The van der Waals surface area contributed by atoms with Crippen molar-refractivity contribution in [3.63, 3.8) is 0 Å². The molecule has 1 rings (SSSR count). The zero-order valence-electron chi connectivity index (χ0n) is 10.6. The van der Waals surface area contributed by atoms with Crippen molar-refractivity contribution in [2.45, 2.75) is 32.7 Å². The Bertz CT molecular complexity index is 408. The second kappa shape index (κ2) is 7.64. The van der Waals surface area contributed by atoms with E-state index in [4.69, 9.17) is 11.6 Å². The van der Waals surface area contributed by atoms with E-state index in [1.807, 2.05) is 12.1 Å². The maximum absolute atomic E-state index is 11.7. The van der Waals surface area contributed by atoms with Gasteiger partial charge >= 0.3 is 0 Å². The van der Waals surface area contributed by atoms with Crippen LogP contribution in [0.2, 0.25) is 5.02 Å². The van der Waals surface area contributed by atoms with Gasteiger partial charge in [-0.1, -0.05) is 41.4 Å². The van der Waals surface area contributed by atoms with Crippen LogP contribution < -0.4 is 10.6 Å². The maximum atomic E-state index is 11.7. The molecule has 0 heterocycles. The predicted molar refractivity (Wildman–Crippen MR) is 80.2 cm³/mol. The number of carbonyl (C=O) groups excluding carboxylic acids is 1. The van der Waals surface area contributed by atoms with Crippen LogP contribution in [-0.4, -0.2) is 18.5 Å². The Morgan fingerprint density at radius 1 is 1.39 bits per heavy atom. The van der Waals surface area contributed by atoms with Gasteiger partial charge in [-0.05, 0) is 31.0 Å². The monoisotopic (exact) mass is 332 g/mol. The summed E-state index contributed by atoms with van der Waals surface area (Å²) in [5, 5.41) is 6.60. The lowest BCUT2D eigenvalue weighted by Gasteiger charge is -2.15. The minimum absolute atomic E-state index is 0.0141. The van der Waals surface area contributed by atoms with Gasteiger partial charge in [-0.15, -0.1) is 0 Å². The predicted octanol–water partition coefficient (Wildman–Crippen LogP) is 3.82. The van der Waals surface area contributed by atoms with Crippen molar-refractivity contribution in [2.75, 3.05) is 11.9 Å². The zero-order chi connectivity index (χ0) is 13.5. The third kappa shape index (κ3) is 4.86. The average Bonchev–Trinajstić information content (AvgIpc) is 2.37. The van der Waals surface area contributed by atoms with Gasteiger partial charge in [0, 0.05) is 10.5 Å². The van der Waals surface area contributed by atoms with Gasteiger partial charge in [-0.3, -0.25) is 4.79 Å².